The maximum atomic E-state index is 12.3. The summed E-state index contributed by atoms with van der Waals surface area (Å²) in [5.41, 5.74) is 7.55. The molecule has 7 heteroatoms. The summed E-state index contributed by atoms with van der Waals surface area (Å²) in [7, 11) is 0. The van der Waals surface area contributed by atoms with Crippen molar-refractivity contribution in [2.75, 3.05) is 6.54 Å². The van der Waals surface area contributed by atoms with Crippen LogP contribution < -0.4 is 5.73 Å². The molecule has 2 atom stereocenters. The van der Waals surface area contributed by atoms with Gasteiger partial charge in [-0.25, -0.2) is 4.79 Å². The highest BCUT2D eigenvalue weighted by molar-refractivity contribution is 6.05. The molecule has 1 heterocycles. The van der Waals surface area contributed by atoms with E-state index >= 15 is 0 Å². The molecule has 27 heavy (non-hydrogen) atoms. The third-order valence-electron chi connectivity index (χ3n) is 4.95. The lowest BCUT2D eigenvalue weighted by Gasteiger charge is -2.14. The number of benzene rings is 1. The van der Waals surface area contributed by atoms with Crippen molar-refractivity contribution >= 4 is 23.6 Å². The lowest BCUT2D eigenvalue weighted by atomic mass is 9.85. The van der Waals surface area contributed by atoms with Crippen LogP contribution in [0.2, 0.25) is 0 Å². The highest BCUT2D eigenvalue weighted by atomic mass is 16.7. The first-order chi connectivity index (χ1) is 13.0. The van der Waals surface area contributed by atoms with Crippen LogP contribution in [0.1, 0.15) is 36.8 Å². The van der Waals surface area contributed by atoms with Crippen LogP contribution in [0.15, 0.2) is 41.6 Å². The standard InChI is InChI=1S/C20H23N3O4/c1-13-8-10-14(11-9-13)18(21)22-27-17(24)7-4-12-23-19(25)15-5-2-3-6-16(15)20(23)26/h2-3,8-11,15-16H,4-7,12H2,1H3,(H2,21,22)/t15-,16-/m1/s1. The Balaban J connectivity index is 1.46. The van der Waals surface area contributed by atoms with Crippen LogP contribution in [0.3, 0.4) is 0 Å². The maximum absolute atomic E-state index is 12.3. The second kappa shape index (κ2) is 8.16. The topological polar surface area (TPSA) is 102 Å². The third-order valence-corrected chi connectivity index (χ3v) is 4.95. The van der Waals surface area contributed by atoms with E-state index in [0.29, 0.717) is 24.8 Å². The molecule has 0 aromatic heterocycles. The first-order valence-electron chi connectivity index (χ1n) is 9.08. The van der Waals surface area contributed by atoms with E-state index in [1.807, 2.05) is 31.2 Å². The molecule has 142 valence electrons. The normalized spacial score (nSPS) is 22.1. The molecule has 0 spiro atoms. The van der Waals surface area contributed by atoms with E-state index < -0.39 is 5.97 Å². The lowest BCUT2D eigenvalue weighted by Crippen LogP contribution is -2.32. The summed E-state index contributed by atoms with van der Waals surface area (Å²) in [6.45, 7) is 2.18. The molecule has 0 saturated carbocycles. The molecule has 0 radical (unpaired) electrons. The number of allylic oxidation sites excluding steroid dienone is 2. The largest absolute Gasteiger partial charge is 0.380 e. The quantitative estimate of drug-likeness (QED) is 0.206. The van der Waals surface area contributed by atoms with Gasteiger partial charge in [0.25, 0.3) is 0 Å². The van der Waals surface area contributed by atoms with Crippen molar-refractivity contribution in [2.45, 2.75) is 32.6 Å². The molecular weight excluding hydrogens is 346 g/mol. The Morgan fingerprint density at radius 1 is 1.15 bits per heavy atom. The summed E-state index contributed by atoms with van der Waals surface area (Å²) in [6.07, 6.45) is 5.51. The number of oxime groups is 1. The van der Waals surface area contributed by atoms with Crippen molar-refractivity contribution < 1.29 is 19.2 Å². The fourth-order valence-electron chi connectivity index (χ4n) is 3.39. The summed E-state index contributed by atoms with van der Waals surface area (Å²) in [4.78, 5) is 42.6. The van der Waals surface area contributed by atoms with Gasteiger partial charge in [-0.15, -0.1) is 0 Å². The van der Waals surface area contributed by atoms with E-state index in [0.717, 1.165) is 5.56 Å². The van der Waals surface area contributed by atoms with Gasteiger partial charge in [0.1, 0.15) is 0 Å². The number of rotatable bonds is 6. The highest BCUT2D eigenvalue weighted by Crippen LogP contribution is 2.35. The summed E-state index contributed by atoms with van der Waals surface area (Å²) >= 11 is 0. The molecule has 1 aliphatic heterocycles. The molecule has 2 N–H and O–H groups in total. The van der Waals surface area contributed by atoms with Crippen molar-refractivity contribution in [1.82, 2.24) is 4.90 Å². The second-order valence-corrected chi connectivity index (χ2v) is 6.89. The Morgan fingerprint density at radius 3 is 2.33 bits per heavy atom. The number of nitrogens with zero attached hydrogens (tertiary/aromatic N) is 2. The number of hydrogen-bond acceptors (Lipinski definition) is 5. The minimum absolute atomic E-state index is 0.0509. The van der Waals surface area contributed by atoms with Crippen molar-refractivity contribution in [1.29, 1.82) is 0 Å². The van der Waals surface area contributed by atoms with E-state index in [2.05, 4.69) is 5.16 Å². The predicted molar refractivity (Wildman–Crippen MR) is 99.3 cm³/mol. The Bertz CT molecular complexity index is 772. The molecule has 1 fully saturated rings. The maximum Gasteiger partial charge on any atom is 0.335 e. The summed E-state index contributed by atoms with van der Waals surface area (Å²) in [5.74, 6) is -1.19. The fourth-order valence-corrected chi connectivity index (χ4v) is 3.39. The molecule has 7 nitrogen and oxygen atoms in total. The first kappa shape index (κ1) is 18.8. The number of amidine groups is 1. The molecule has 0 unspecified atom stereocenters. The Morgan fingerprint density at radius 2 is 1.74 bits per heavy atom. The van der Waals surface area contributed by atoms with Crippen LogP contribution in [-0.2, 0) is 19.2 Å². The number of carbonyl (C=O) groups excluding carboxylic acids is 3. The lowest BCUT2D eigenvalue weighted by molar-refractivity contribution is -0.145. The van der Waals surface area contributed by atoms with Crippen LogP contribution >= 0.6 is 0 Å². The molecule has 1 aliphatic carbocycles. The van der Waals surface area contributed by atoms with Gasteiger partial charge < -0.3 is 10.6 Å². The fraction of sp³-hybridized carbons (Fsp3) is 0.400. The van der Waals surface area contributed by atoms with E-state index in [1.54, 1.807) is 12.1 Å². The summed E-state index contributed by atoms with van der Waals surface area (Å²) in [6, 6.07) is 7.36. The highest BCUT2D eigenvalue weighted by Gasteiger charge is 2.46. The van der Waals surface area contributed by atoms with E-state index in [9.17, 15) is 14.4 Å². The zero-order valence-corrected chi connectivity index (χ0v) is 15.3. The minimum atomic E-state index is -0.553. The molecule has 2 aliphatic rings. The van der Waals surface area contributed by atoms with Gasteiger partial charge in [-0.3, -0.25) is 14.5 Å². The van der Waals surface area contributed by atoms with Gasteiger partial charge in [0.15, 0.2) is 5.84 Å². The average Bonchev–Trinajstić information content (AvgIpc) is 2.92. The zero-order chi connectivity index (χ0) is 19.4. The zero-order valence-electron chi connectivity index (χ0n) is 15.3. The molecule has 1 aromatic carbocycles. The Kier molecular flexibility index (Phi) is 5.69. The number of fused-ring (bicyclic) bond motifs is 1. The van der Waals surface area contributed by atoms with Crippen molar-refractivity contribution in [3.05, 3.63) is 47.5 Å². The molecule has 2 amide bonds. The average molecular weight is 369 g/mol. The number of hydrogen-bond donors (Lipinski definition) is 1. The predicted octanol–water partition coefficient (Wildman–Crippen LogP) is 1.89. The number of likely N-dealkylation sites (tertiary alicyclic amines) is 1. The number of aryl methyl sites for hydroxylation is 1. The molecular formula is C20H23N3O4. The van der Waals surface area contributed by atoms with Crippen molar-refractivity contribution in [3.63, 3.8) is 0 Å². The van der Waals surface area contributed by atoms with Crippen LogP contribution in [0.5, 0.6) is 0 Å². The molecule has 3 rings (SSSR count). The van der Waals surface area contributed by atoms with Crippen LogP contribution in [0.4, 0.5) is 0 Å². The van der Waals surface area contributed by atoms with E-state index in [-0.39, 0.29) is 42.5 Å². The van der Waals surface area contributed by atoms with E-state index in [1.165, 1.54) is 4.90 Å². The van der Waals surface area contributed by atoms with Gasteiger partial charge in [0, 0.05) is 18.5 Å². The smallest absolute Gasteiger partial charge is 0.335 e. The monoisotopic (exact) mass is 369 g/mol. The van der Waals surface area contributed by atoms with Gasteiger partial charge in [-0.1, -0.05) is 47.1 Å². The SMILES string of the molecule is Cc1ccc(/C(N)=N/OC(=O)CCCN2C(=O)[C@@H]3CC=CC[C@H]3C2=O)cc1. The minimum Gasteiger partial charge on any atom is -0.380 e. The Labute approximate surface area is 157 Å². The first-order valence-corrected chi connectivity index (χ1v) is 9.08. The molecule has 0 bridgehead atoms. The van der Waals surface area contributed by atoms with Crippen LogP contribution in [0, 0.1) is 18.8 Å². The Hall–Kier alpha value is -2.96. The van der Waals surface area contributed by atoms with Gasteiger partial charge in [-0.05, 0) is 26.2 Å². The molecule has 1 saturated heterocycles. The second-order valence-electron chi connectivity index (χ2n) is 6.89. The van der Waals surface area contributed by atoms with Gasteiger partial charge in [0.05, 0.1) is 11.8 Å². The number of imide groups is 1. The van der Waals surface area contributed by atoms with Crippen LogP contribution in [0.25, 0.3) is 0 Å². The number of amides is 2. The van der Waals surface area contributed by atoms with Gasteiger partial charge in [-0.2, -0.15) is 0 Å². The number of carbonyl (C=O) groups is 3. The van der Waals surface area contributed by atoms with Crippen molar-refractivity contribution in [3.8, 4) is 0 Å². The third kappa shape index (κ3) is 4.24. The summed E-state index contributed by atoms with van der Waals surface area (Å²) in [5, 5.41) is 3.65. The van der Waals surface area contributed by atoms with Gasteiger partial charge in [0.2, 0.25) is 11.8 Å². The number of nitrogens with two attached hydrogens (primary N) is 1. The van der Waals surface area contributed by atoms with E-state index in [4.69, 9.17) is 10.6 Å². The van der Waals surface area contributed by atoms with Gasteiger partial charge >= 0.3 is 5.97 Å². The van der Waals surface area contributed by atoms with Crippen LogP contribution in [-0.4, -0.2) is 35.1 Å². The van der Waals surface area contributed by atoms with Crippen molar-refractivity contribution in [2.24, 2.45) is 22.7 Å². The molecule has 1 aromatic rings. The summed E-state index contributed by atoms with van der Waals surface area (Å²) < 4.78 is 0.